The molecule has 6 heteroatoms. The lowest BCUT2D eigenvalue weighted by Gasteiger charge is -2.32. The number of amides is 2. The average Bonchev–Trinajstić information content (AvgIpc) is 2.47. The first-order valence-corrected chi connectivity index (χ1v) is 8.45. The van der Waals surface area contributed by atoms with Crippen LogP contribution < -0.4 is 5.73 Å². The summed E-state index contributed by atoms with van der Waals surface area (Å²) in [4.78, 5) is 25.3. The van der Waals surface area contributed by atoms with Gasteiger partial charge in [-0.3, -0.25) is 9.59 Å². The van der Waals surface area contributed by atoms with Gasteiger partial charge in [0.25, 0.3) is 5.91 Å². The van der Waals surface area contributed by atoms with Gasteiger partial charge in [0.1, 0.15) is 0 Å². The molecule has 0 saturated carbocycles. The molecular weight excluding hydrogens is 403 g/mol. The number of hydrogen-bond donors (Lipinski definition) is 1. The van der Waals surface area contributed by atoms with E-state index in [0.29, 0.717) is 29.5 Å². The van der Waals surface area contributed by atoms with Crippen LogP contribution in [0.3, 0.4) is 0 Å². The highest BCUT2D eigenvalue weighted by Crippen LogP contribution is 2.24. The first-order valence-electron chi connectivity index (χ1n) is 7.00. The van der Waals surface area contributed by atoms with Crippen LogP contribution in [0.15, 0.2) is 18.2 Å². The van der Waals surface area contributed by atoms with Crippen LogP contribution in [0.2, 0.25) is 5.02 Å². The number of carbonyl (C=O) groups is 2. The van der Waals surface area contributed by atoms with Crippen molar-refractivity contribution in [2.75, 3.05) is 13.1 Å². The molecule has 0 radical (unpaired) electrons. The van der Waals surface area contributed by atoms with Crippen molar-refractivity contribution in [1.29, 1.82) is 0 Å². The van der Waals surface area contributed by atoms with Gasteiger partial charge >= 0.3 is 0 Å². The SMILES string of the molecule is NC(=O)CC[C@@H]1CCCN(C(=O)c2ccc(Cl)c(I)c2)C1. The summed E-state index contributed by atoms with van der Waals surface area (Å²) in [6.07, 6.45) is 3.18. The van der Waals surface area contributed by atoms with Crippen molar-refractivity contribution < 1.29 is 9.59 Å². The number of halogens is 2. The second-order valence-corrected chi connectivity index (χ2v) is 6.96. The number of primary amides is 1. The van der Waals surface area contributed by atoms with Gasteiger partial charge in [-0.2, -0.15) is 0 Å². The summed E-state index contributed by atoms with van der Waals surface area (Å²) in [6.45, 7) is 1.47. The Labute approximate surface area is 143 Å². The maximum atomic E-state index is 12.5. The predicted molar refractivity (Wildman–Crippen MR) is 91.2 cm³/mol. The molecule has 1 aromatic rings. The molecule has 1 saturated heterocycles. The van der Waals surface area contributed by atoms with Gasteiger partial charge in [-0.05, 0) is 66.0 Å². The zero-order valence-electron chi connectivity index (χ0n) is 11.6. The number of likely N-dealkylation sites (tertiary alicyclic amines) is 1. The minimum absolute atomic E-state index is 0.0355. The molecule has 1 aliphatic rings. The van der Waals surface area contributed by atoms with Crippen LogP contribution >= 0.6 is 34.2 Å². The Balaban J connectivity index is 2.01. The number of piperidine rings is 1. The van der Waals surface area contributed by atoms with Gasteiger partial charge in [-0.1, -0.05) is 11.6 Å². The number of nitrogens with zero attached hydrogens (tertiary/aromatic N) is 1. The standard InChI is InChI=1S/C15H18ClIN2O2/c16-12-5-4-11(8-13(12)17)15(21)19-7-1-2-10(9-19)3-6-14(18)20/h4-5,8,10H,1-3,6-7,9H2,(H2,18,20)/t10-/m0/s1. The van der Waals surface area contributed by atoms with Crippen LogP contribution in [0, 0.1) is 9.49 Å². The fraction of sp³-hybridized carbons (Fsp3) is 0.467. The molecule has 2 N–H and O–H groups in total. The van der Waals surface area contributed by atoms with Crippen molar-refractivity contribution in [3.8, 4) is 0 Å². The number of carbonyl (C=O) groups excluding carboxylic acids is 2. The van der Waals surface area contributed by atoms with Gasteiger partial charge in [0, 0.05) is 28.6 Å². The van der Waals surface area contributed by atoms with Crippen molar-refractivity contribution in [3.63, 3.8) is 0 Å². The summed E-state index contributed by atoms with van der Waals surface area (Å²) in [5.41, 5.74) is 5.86. The van der Waals surface area contributed by atoms with Crippen LogP contribution in [-0.2, 0) is 4.79 Å². The maximum Gasteiger partial charge on any atom is 0.253 e. The summed E-state index contributed by atoms with van der Waals surface area (Å²) in [5, 5.41) is 0.658. The first-order chi connectivity index (χ1) is 9.97. The van der Waals surface area contributed by atoms with Crippen molar-refractivity contribution in [1.82, 2.24) is 4.90 Å². The van der Waals surface area contributed by atoms with E-state index >= 15 is 0 Å². The number of benzene rings is 1. The summed E-state index contributed by atoms with van der Waals surface area (Å²) in [7, 11) is 0. The molecule has 0 bridgehead atoms. The zero-order valence-corrected chi connectivity index (χ0v) is 14.6. The minimum atomic E-state index is -0.272. The monoisotopic (exact) mass is 420 g/mol. The van der Waals surface area contributed by atoms with Gasteiger partial charge in [0.2, 0.25) is 5.91 Å². The van der Waals surface area contributed by atoms with Crippen LogP contribution in [0.5, 0.6) is 0 Å². The fourth-order valence-electron chi connectivity index (χ4n) is 2.64. The molecule has 0 spiro atoms. The molecule has 1 aliphatic heterocycles. The van der Waals surface area contributed by atoms with E-state index in [9.17, 15) is 9.59 Å². The Morgan fingerprint density at radius 2 is 2.19 bits per heavy atom. The highest BCUT2D eigenvalue weighted by atomic mass is 127. The van der Waals surface area contributed by atoms with Crippen molar-refractivity contribution in [2.24, 2.45) is 11.7 Å². The van der Waals surface area contributed by atoms with E-state index in [4.69, 9.17) is 17.3 Å². The van der Waals surface area contributed by atoms with E-state index in [0.717, 1.165) is 29.4 Å². The molecule has 21 heavy (non-hydrogen) atoms. The highest BCUT2D eigenvalue weighted by molar-refractivity contribution is 14.1. The van der Waals surface area contributed by atoms with Crippen molar-refractivity contribution >= 4 is 46.0 Å². The Bertz CT molecular complexity index is 550. The number of hydrogen-bond acceptors (Lipinski definition) is 2. The summed E-state index contributed by atoms with van der Waals surface area (Å²) >= 11 is 8.11. The fourth-order valence-corrected chi connectivity index (χ4v) is 3.28. The summed E-state index contributed by atoms with van der Waals surface area (Å²) in [6, 6.07) is 5.34. The Morgan fingerprint density at radius 3 is 2.86 bits per heavy atom. The van der Waals surface area contributed by atoms with Crippen LogP contribution in [0.25, 0.3) is 0 Å². The highest BCUT2D eigenvalue weighted by Gasteiger charge is 2.24. The average molecular weight is 421 g/mol. The van der Waals surface area contributed by atoms with Crippen molar-refractivity contribution in [2.45, 2.75) is 25.7 Å². The second-order valence-electron chi connectivity index (χ2n) is 5.39. The van der Waals surface area contributed by atoms with E-state index in [1.165, 1.54) is 0 Å². The van der Waals surface area contributed by atoms with Crippen LogP contribution in [0.1, 0.15) is 36.0 Å². The molecule has 0 aromatic heterocycles. The predicted octanol–water partition coefficient (Wildman–Crippen LogP) is 3.06. The summed E-state index contributed by atoms with van der Waals surface area (Å²) < 4.78 is 0.877. The van der Waals surface area contributed by atoms with Gasteiger partial charge in [-0.15, -0.1) is 0 Å². The molecule has 1 atom stereocenters. The Morgan fingerprint density at radius 1 is 1.43 bits per heavy atom. The maximum absolute atomic E-state index is 12.5. The molecule has 4 nitrogen and oxygen atoms in total. The smallest absolute Gasteiger partial charge is 0.253 e. The topological polar surface area (TPSA) is 63.4 Å². The van der Waals surface area contributed by atoms with E-state index in [2.05, 4.69) is 22.6 Å². The molecule has 114 valence electrons. The Kier molecular flexibility index (Phi) is 5.87. The first kappa shape index (κ1) is 16.5. The zero-order chi connectivity index (χ0) is 15.4. The van der Waals surface area contributed by atoms with Gasteiger partial charge in [0.05, 0.1) is 5.02 Å². The van der Waals surface area contributed by atoms with Crippen LogP contribution in [0.4, 0.5) is 0 Å². The number of nitrogens with two attached hydrogens (primary N) is 1. The molecule has 1 aromatic carbocycles. The molecule has 2 rings (SSSR count). The number of rotatable bonds is 4. The molecule has 1 heterocycles. The lowest BCUT2D eigenvalue weighted by molar-refractivity contribution is -0.118. The van der Waals surface area contributed by atoms with E-state index in [-0.39, 0.29) is 11.8 Å². The minimum Gasteiger partial charge on any atom is -0.370 e. The van der Waals surface area contributed by atoms with E-state index < -0.39 is 0 Å². The van der Waals surface area contributed by atoms with Gasteiger partial charge in [0.15, 0.2) is 0 Å². The lowest BCUT2D eigenvalue weighted by Crippen LogP contribution is -2.40. The van der Waals surface area contributed by atoms with Gasteiger partial charge < -0.3 is 10.6 Å². The third kappa shape index (κ3) is 4.57. The van der Waals surface area contributed by atoms with Crippen molar-refractivity contribution in [3.05, 3.63) is 32.4 Å². The van der Waals surface area contributed by atoms with E-state index in [1.807, 2.05) is 11.0 Å². The van der Waals surface area contributed by atoms with Crippen LogP contribution in [-0.4, -0.2) is 29.8 Å². The van der Waals surface area contributed by atoms with E-state index in [1.54, 1.807) is 12.1 Å². The quantitative estimate of drug-likeness (QED) is 0.761. The third-order valence-corrected chi connectivity index (χ3v) is 5.31. The normalized spacial score (nSPS) is 18.6. The molecule has 0 aliphatic carbocycles. The second kappa shape index (κ2) is 7.45. The Hall–Kier alpha value is -0.820. The third-order valence-electron chi connectivity index (χ3n) is 3.77. The summed E-state index contributed by atoms with van der Waals surface area (Å²) in [5.74, 6) is 0.126. The lowest BCUT2D eigenvalue weighted by atomic mass is 9.93. The largest absolute Gasteiger partial charge is 0.370 e. The molecular formula is C15H18ClIN2O2. The molecule has 0 unspecified atom stereocenters. The van der Waals surface area contributed by atoms with Gasteiger partial charge in [-0.25, -0.2) is 0 Å². The molecule has 2 amide bonds. The molecule has 1 fully saturated rings.